The summed E-state index contributed by atoms with van der Waals surface area (Å²) in [7, 11) is 0. The molecule has 41 heavy (non-hydrogen) atoms. The Kier molecular flexibility index (Phi) is 11.2. The summed E-state index contributed by atoms with van der Waals surface area (Å²) >= 11 is 1.98. The van der Waals surface area contributed by atoms with Crippen molar-refractivity contribution in [3.63, 3.8) is 0 Å². The molecular formula is C36H54N4S. The second-order valence-corrected chi connectivity index (χ2v) is 13.9. The van der Waals surface area contributed by atoms with Crippen molar-refractivity contribution in [1.29, 1.82) is 0 Å². The van der Waals surface area contributed by atoms with Crippen LogP contribution in [0.2, 0.25) is 0 Å². The SMILES string of the molecule is C=C(NC(CC)CCCC)NC(C(=C)N1CCCC1C(=C)NC(SC1CC1)C(=C)C(=C)C)C1Cc2ccccc2C1. The van der Waals surface area contributed by atoms with E-state index in [-0.39, 0.29) is 17.5 Å². The quantitative estimate of drug-likeness (QED) is 0.123. The Hall–Kier alpha value is -2.53. The van der Waals surface area contributed by atoms with Gasteiger partial charge in [0, 0.05) is 29.2 Å². The van der Waals surface area contributed by atoms with Gasteiger partial charge in [0.2, 0.25) is 0 Å². The van der Waals surface area contributed by atoms with Gasteiger partial charge in [-0.1, -0.05) is 89.4 Å². The highest BCUT2D eigenvalue weighted by atomic mass is 32.2. The molecule has 1 aliphatic heterocycles. The number of likely N-dealkylation sites (tertiary alicyclic amines) is 1. The van der Waals surface area contributed by atoms with Gasteiger partial charge in [-0.25, -0.2) is 0 Å². The minimum absolute atomic E-state index is 0.0986. The number of fused-ring (bicyclic) bond motifs is 1. The van der Waals surface area contributed by atoms with E-state index in [4.69, 9.17) is 6.58 Å². The number of unbranched alkanes of at least 4 members (excludes halogenated alkanes) is 1. The largest absolute Gasteiger partial charge is 0.372 e. The maximum Gasteiger partial charge on any atom is 0.0977 e. The number of hydrogen-bond donors (Lipinski definition) is 3. The molecule has 5 heteroatoms. The summed E-state index contributed by atoms with van der Waals surface area (Å²) in [5.74, 6) is 1.35. The van der Waals surface area contributed by atoms with E-state index in [0.717, 1.165) is 67.0 Å². The zero-order chi connectivity index (χ0) is 29.5. The van der Waals surface area contributed by atoms with E-state index >= 15 is 0 Å². The highest BCUT2D eigenvalue weighted by Crippen LogP contribution is 2.40. The van der Waals surface area contributed by atoms with Gasteiger partial charge in [0.15, 0.2) is 0 Å². The van der Waals surface area contributed by atoms with E-state index < -0.39 is 0 Å². The molecule has 0 radical (unpaired) electrons. The normalized spacial score (nSPS) is 20.6. The zero-order valence-electron chi connectivity index (χ0n) is 25.9. The monoisotopic (exact) mass is 574 g/mol. The second kappa shape index (κ2) is 14.6. The van der Waals surface area contributed by atoms with Gasteiger partial charge in [0.25, 0.3) is 0 Å². The molecule has 1 aromatic carbocycles. The number of thioether (sulfide) groups is 1. The third-order valence-corrected chi connectivity index (χ3v) is 10.6. The first-order chi connectivity index (χ1) is 19.7. The van der Waals surface area contributed by atoms with Gasteiger partial charge in [-0.2, -0.15) is 0 Å². The summed E-state index contributed by atoms with van der Waals surface area (Å²) in [5, 5.41) is 12.2. The highest BCUT2D eigenvalue weighted by molar-refractivity contribution is 8.00. The van der Waals surface area contributed by atoms with Crippen molar-refractivity contribution >= 4 is 11.8 Å². The van der Waals surface area contributed by atoms with E-state index in [1.54, 1.807) is 0 Å². The fourth-order valence-corrected chi connectivity index (χ4v) is 7.72. The van der Waals surface area contributed by atoms with Crippen LogP contribution < -0.4 is 16.0 Å². The molecule has 0 spiro atoms. The Balaban J connectivity index is 1.49. The highest BCUT2D eigenvalue weighted by Gasteiger charge is 2.37. The van der Waals surface area contributed by atoms with Crippen LogP contribution in [-0.4, -0.2) is 40.2 Å². The number of hydrogen-bond acceptors (Lipinski definition) is 5. The Bertz CT molecular complexity index is 1090. The summed E-state index contributed by atoms with van der Waals surface area (Å²) < 4.78 is 0. The Labute approximate surface area is 254 Å². The van der Waals surface area contributed by atoms with E-state index in [1.165, 1.54) is 43.2 Å². The van der Waals surface area contributed by atoms with Gasteiger partial charge in [-0.3, -0.25) is 0 Å². The fraction of sp³-hybridized carbons (Fsp3) is 0.556. The molecule has 1 saturated heterocycles. The minimum atomic E-state index is 0.0986. The summed E-state index contributed by atoms with van der Waals surface area (Å²) in [4.78, 5) is 2.51. The number of nitrogens with one attached hydrogen (secondary N) is 3. The lowest BCUT2D eigenvalue weighted by Gasteiger charge is -2.39. The maximum absolute atomic E-state index is 4.77. The lowest BCUT2D eigenvalue weighted by molar-refractivity contribution is 0.277. The van der Waals surface area contributed by atoms with Crippen molar-refractivity contribution in [3.05, 3.63) is 96.6 Å². The average Bonchev–Trinajstić information content (AvgIpc) is 3.45. The van der Waals surface area contributed by atoms with Gasteiger partial charge in [0.1, 0.15) is 0 Å². The summed E-state index contributed by atoms with van der Waals surface area (Å²) in [5.41, 5.74) is 7.27. The summed E-state index contributed by atoms with van der Waals surface area (Å²) in [6.07, 6.45) is 11.6. The van der Waals surface area contributed by atoms with Crippen LogP contribution in [0.3, 0.4) is 0 Å². The van der Waals surface area contributed by atoms with Gasteiger partial charge in [0.05, 0.1) is 23.3 Å². The van der Waals surface area contributed by atoms with Crippen molar-refractivity contribution in [3.8, 4) is 0 Å². The first-order valence-electron chi connectivity index (χ1n) is 15.9. The molecule has 4 nitrogen and oxygen atoms in total. The molecule has 4 rings (SSSR count). The number of rotatable bonds is 18. The van der Waals surface area contributed by atoms with Crippen molar-refractivity contribution in [1.82, 2.24) is 20.9 Å². The standard InChI is InChI=1S/C36H54N4S/c1-9-11-17-32(10-2)38-28(8)39-35(31-22-29-15-12-13-16-30(29)23-31)27(7)40-21-14-18-34(40)26(6)37-36(25(5)24(3)4)41-33-19-20-33/h12-13,15-16,31-39H,3,5-11,14,17-23H2,1-2,4H3. The molecule has 3 N–H and O–H groups in total. The van der Waals surface area contributed by atoms with Crippen LogP contribution >= 0.6 is 11.8 Å². The molecule has 1 saturated carbocycles. The Morgan fingerprint density at radius 3 is 2.24 bits per heavy atom. The van der Waals surface area contributed by atoms with Crippen LogP contribution in [0.1, 0.15) is 83.3 Å². The number of benzene rings is 1. The van der Waals surface area contributed by atoms with Crippen molar-refractivity contribution in [2.45, 2.75) is 114 Å². The molecule has 3 aliphatic rings. The molecule has 0 amide bonds. The molecule has 0 aromatic heterocycles. The van der Waals surface area contributed by atoms with Gasteiger partial charge in [-0.05, 0) is 80.9 Å². The Morgan fingerprint density at radius 2 is 1.66 bits per heavy atom. The van der Waals surface area contributed by atoms with Crippen LogP contribution in [0.5, 0.6) is 0 Å². The third-order valence-electron chi connectivity index (χ3n) is 9.08. The minimum Gasteiger partial charge on any atom is -0.372 e. The summed E-state index contributed by atoms with van der Waals surface area (Å²) in [6.45, 7) is 29.9. The van der Waals surface area contributed by atoms with Crippen LogP contribution in [0, 0.1) is 5.92 Å². The predicted molar refractivity (Wildman–Crippen MR) is 180 cm³/mol. The van der Waals surface area contributed by atoms with Crippen LogP contribution in [0.25, 0.3) is 0 Å². The van der Waals surface area contributed by atoms with Crippen LogP contribution in [-0.2, 0) is 12.8 Å². The Morgan fingerprint density at radius 1 is 0.976 bits per heavy atom. The van der Waals surface area contributed by atoms with E-state index in [1.807, 2.05) is 11.8 Å². The molecule has 224 valence electrons. The average molecular weight is 575 g/mol. The van der Waals surface area contributed by atoms with Crippen molar-refractivity contribution in [2.24, 2.45) is 5.92 Å². The maximum atomic E-state index is 4.77. The molecule has 1 heterocycles. The second-order valence-electron chi connectivity index (χ2n) is 12.5. The fourth-order valence-electron chi connectivity index (χ4n) is 6.35. The molecule has 4 unspecified atom stereocenters. The molecule has 2 aliphatic carbocycles. The summed E-state index contributed by atoms with van der Waals surface area (Å²) in [6, 6.07) is 9.66. The third kappa shape index (κ3) is 8.28. The van der Waals surface area contributed by atoms with Crippen LogP contribution in [0.4, 0.5) is 0 Å². The molecular weight excluding hydrogens is 520 g/mol. The molecule has 4 atom stereocenters. The lowest BCUT2D eigenvalue weighted by atomic mass is 9.93. The smallest absolute Gasteiger partial charge is 0.0977 e. The van der Waals surface area contributed by atoms with Gasteiger partial charge in [-0.15, -0.1) is 11.8 Å². The molecule has 0 bridgehead atoms. The van der Waals surface area contributed by atoms with Crippen molar-refractivity contribution < 1.29 is 0 Å². The zero-order valence-corrected chi connectivity index (χ0v) is 26.8. The van der Waals surface area contributed by atoms with Crippen LogP contribution in [0.15, 0.2) is 85.5 Å². The molecule has 1 aromatic rings. The molecule has 2 fully saturated rings. The van der Waals surface area contributed by atoms with Gasteiger partial charge >= 0.3 is 0 Å². The first-order valence-corrected chi connectivity index (χ1v) is 16.9. The van der Waals surface area contributed by atoms with E-state index in [0.29, 0.717) is 17.2 Å². The lowest BCUT2D eigenvalue weighted by Crippen LogP contribution is -2.49. The van der Waals surface area contributed by atoms with E-state index in [9.17, 15) is 0 Å². The van der Waals surface area contributed by atoms with Crippen molar-refractivity contribution in [2.75, 3.05) is 6.54 Å². The first kappa shape index (κ1) is 31.4. The van der Waals surface area contributed by atoms with E-state index in [2.05, 4.69) is 92.2 Å². The van der Waals surface area contributed by atoms with Gasteiger partial charge < -0.3 is 20.9 Å². The number of nitrogens with zero attached hydrogens (tertiary/aromatic N) is 1. The predicted octanol–water partition coefficient (Wildman–Crippen LogP) is 7.82. The topological polar surface area (TPSA) is 39.3 Å².